The molecule has 0 aliphatic carbocycles. The number of aryl methyl sites for hydroxylation is 2. The fourth-order valence-electron chi connectivity index (χ4n) is 3.19. The third kappa shape index (κ3) is 6.03. The van der Waals surface area contributed by atoms with E-state index in [1.165, 1.54) is 29.8 Å². The Bertz CT molecular complexity index is 1160. The van der Waals surface area contributed by atoms with Crippen molar-refractivity contribution in [2.24, 2.45) is 0 Å². The van der Waals surface area contributed by atoms with Crippen molar-refractivity contribution >= 4 is 0 Å². The van der Waals surface area contributed by atoms with Crippen molar-refractivity contribution in [2.45, 2.75) is 39.5 Å². The second-order valence-electron chi connectivity index (χ2n) is 7.33. The van der Waals surface area contributed by atoms with Crippen molar-refractivity contribution in [1.82, 2.24) is 0 Å². The van der Waals surface area contributed by atoms with Gasteiger partial charge in [0.2, 0.25) is 0 Å². The van der Waals surface area contributed by atoms with Gasteiger partial charge in [0, 0.05) is 11.1 Å². The molecule has 0 saturated heterocycles. The topological polar surface area (TPSA) is 0 Å². The first-order chi connectivity index (χ1) is 15.0. The summed E-state index contributed by atoms with van der Waals surface area (Å²) in [5.74, 6) is 8.96. The maximum absolute atomic E-state index is 14.4. The normalized spacial score (nSPS) is 10.1. The highest BCUT2D eigenvalue weighted by atomic mass is 19.1. The molecule has 0 fully saturated rings. The summed E-state index contributed by atoms with van der Waals surface area (Å²) < 4.78 is 42.8. The molecule has 0 bridgehead atoms. The van der Waals surface area contributed by atoms with Crippen LogP contribution in [-0.2, 0) is 12.8 Å². The zero-order valence-corrected chi connectivity index (χ0v) is 17.7. The third-order valence-electron chi connectivity index (χ3n) is 4.78. The molecule has 0 N–H and O–H groups in total. The van der Waals surface area contributed by atoms with E-state index < -0.39 is 17.5 Å². The summed E-state index contributed by atoms with van der Waals surface area (Å²) in [5.41, 5.74) is 2.90. The van der Waals surface area contributed by atoms with E-state index in [0.29, 0.717) is 17.5 Å². The van der Waals surface area contributed by atoms with Gasteiger partial charge < -0.3 is 0 Å². The summed E-state index contributed by atoms with van der Waals surface area (Å²) in [6.45, 7) is 4.07. The maximum Gasteiger partial charge on any atom is 0.142 e. The van der Waals surface area contributed by atoms with Crippen molar-refractivity contribution in [3.63, 3.8) is 0 Å². The average Bonchev–Trinajstić information content (AvgIpc) is 2.74. The molecule has 0 aliphatic heterocycles. The molecular weight excluding hydrogens is 393 g/mol. The number of hydrogen-bond donors (Lipinski definition) is 0. The quantitative estimate of drug-likeness (QED) is 0.410. The second kappa shape index (κ2) is 10.6. The van der Waals surface area contributed by atoms with Crippen LogP contribution in [0.2, 0.25) is 0 Å². The molecule has 0 amide bonds. The first-order valence-electron chi connectivity index (χ1n) is 10.4. The fourth-order valence-corrected chi connectivity index (χ4v) is 3.19. The highest BCUT2D eigenvalue weighted by Crippen LogP contribution is 2.16. The van der Waals surface area contributed by atoms with E-state index in [0.717, 1.165) is 24.8 Å². The van der Waals surface area contributed by atoms with Gasteiger partial charge in [0.05, 0.1) is 11.1 Å². The van der Waals surface area contributed by atoms with Crippen molar-refractivity contribution in [3.8, 4) is 23.7 Å². The number of halogens is 3. The van der Waals surface area contributed by atoms with E-state index in [9.17, 15) is 13.2 Å². The summed E-state index contributed by atoms with van der Waals surface area (Å²) >= 11 is 0. The second-order valence-corrected chi connectivity index (χ2v) is 7.33. The monoisotopic (exact) mass is 416 g/mol. The average molecular weight is 416 g/mol. The Morgan fingerprint density at radius 2 is 1.16 bits per heavy atom. The summed E-state index contributed by atoms with van der Waals surface area (Å²) in [6.07, 6.45) is 3.48. The zero-order chi connectivity index (χ0) is 22.2. The van der Waals surface area contributed by atoms with E-state index in [-0.39, 0.29) is 11.1 Å². The lowest BCUT2D eigenvalue weighted by Gasteiger charge is -2.02. The largest absolute Gasteiger partial charge is 0.206 e. The van der Waals surface area contributed by atoms with Crippen LogP contribution in [0.3, 0.4) is 0 Å². The third-order valence-corrected chi connectivity index (χ3v) is 4.78. The molecule has 0 saturated carbocycles. The lowest BCUT2D eigenvalue weighted by Crippen LogP contribution is -1.95. The summed E-state index contributed by atoms with van der Waals surface area (Å²) in [6, 6.07) is 14.8. The van der Waals surface area contributed by atoms with E-state index >= 15 is 0 Å². The highest BCUT2D eigenvalue weighted by Gasteiger charge is 2.09. The van der Waals surface area contributed by atoms with Crippen LogP contribution in [0.1, 0.15) is 60.1 Å². The standard InChI is InChI=1S/C28H23F3/c1-3-5-20-7-9-21(10-8-20)11-14-24-15-12-22(17-26(24)29)13-16-25-27(30)18-23(6-4-2)19-28(25)31/h7-10,12,15,17-19H,3-6H2,1-2H3. The van der Waals surface area contributed by atoms with Crippen LogP contribution < -0.4 is 0 Å². The predicted molar refractivity (Wildman–Crippen MR) is 119 cm³/mol. The Balaban J connectivity index is 1.79. The Hall–Kier alpha value is -3.43. The Morgan fingerprint density at radius 1 is 0.581 bits per heavy atom. The molecule has 31 heavy (non-hydrogen) atoms. The molecule has 0 radical (unpaired) electrons. The van der Waals surface area contributed by atoms with Gasteiger partial charge in [0.1, 0.15) is 17.5 Å². The van der Waals surface area contributed by atoms with Crippen LogP contribution in [0.5, 0.6) is 0 Å². The highest BCUT2D eigenvalue weighted by molar-refractivity contribution is 5.49. The molecule has 156 valence electrons. The summed E-state index contributed by atoms with van der Waals surface area (Å²) in [4.78, 5) is 0. The van der Waals surface area contributed by atoms with Gasteiger partial charge in [-0.05, 0) is 66.4 Å². The van der Waals surface area contributed by atoms with Gasteiger partial charge in [0.15, 0.2) is 0 Å². The SMILES string of the molecule is CCCc1ccc(C#Cc2ccc(C#Cc3c(F)cc(CCC)cc3F)cc2F)cc1. The molecule has 0 heterocycles. The molecule has 3 aromatic rings. The lowest BCUT2D eigenvalue weighted by molar-refractivity contribution is 0.573. The van der Waals surface area contributed by atoms with Crippen LogP contribution in [0.25, 0.3) is 0 Å². The molecular formula is C28H23F3. The molecule has 0 spiro atoms. The Morgan fingerprint density at radius 3 is 1.77 bits per heavy atom. The maximum atomic E-state index is 14.4. The van der Waals surface area contributed by atoms with Crippen LogP contribution in [-0.4, -0.2) is 0 Å². The van der Waals surface area contributed by atoms with E-state index in [4.69, 9.17) is 0 Å². The lowest BCUT2D eigenvalue weighted by atomic mass is 10.1. The summed E-state index contributed by atoms with van der Waals surface area (Å²) in [7, 11) is 0. The summed E-state index contributed by atoms with van der Waals surface area (Å²) in [5, 5.41) is 0. The zero-order valence-electron chi connectivity index (χ0n) is 17.7. The van der Waals surface area contributed by atoms with E-state index in [2.05, 4.69) is 30.6 Å². The van der Waals surface area contributed by atoms with Gasteiger partial charge in [-0.1, -0.05) is 62.5 Å². The van der Waals surface area contributed by atoms with Gasteiger partial charge in [-0.15, -0.1) is 0 Å². The van der Waals surface area contributed by atoms with E-state index in [1.54, 1.807) is 6.07 Å². The first-order valence-corrected chi connectivity index (χ1v) is 10.4. The molecule has 0 nitrogen and oxygen atoms in total. The molecule has 0 unspecified atom stereocenters. The number of hydrogen-bond acceptors (Lipinski definition) is 0. The molecule has 3 aromatic carbocycles. The minimum atomic E-state index is -0.705. The van der Waals surface area contributed by atoms with Crippen molar-refractivity contribution in [2.75, 3.05) is 0 Å². The Labute approximate surface area is 182 Å². The van der Waals surface area contributed by atoms with Gasteiger partial charge in [-0.25, -0.2) is 13.2 Å². The van der Waals surface area contributed by atoms with Gasteiger partial charge >= 0.3 is 0 Å². The van der Waals surface area contributed by atoms with E-state index in [1.807, 2.05) is 31.2 Å². The van der Waals surface area contributed by atoms with Crippen LogP contribution in [0.4, 0.5) is 13.2 Å². The van der Waals surface area contributed by atoms with Gasteiger partial charge in [-0.2, -0.15) is 0 Å². The molecule has 0 aromatic heterocycles. The van der Waals surface area contributed by atoms with Gasteiger partial charge in [-0.3, -0.25) is 0 Å². The number of rotatable bonds is 4. The minimum Gasteiger partial charge on any atom is -0.206 e. The van der Waals surface area contributed by atoms with Crippen molar-refractivity contribution < 1.29 is 13.2 Å². The Kier molecular flexibility index (Phi) is 7.58. The minimum absolute atomic E-state index is 0.240. The van der Waals surface area contributed by atoms with Gasteiger partial charge in [0.25, 0.3) is 0 Å². The number of benzene rings is 3. The van der Waals surface area contributed by atoms with Crippen LogP contribution in [0.15, 0.2) is 54.6 Å². The fraction of sp³-hybridized carbons (Fsp3) is 0.214. The molecule has 0 aliphatic rings. The predicted octanol–water partition coefficient (Wildman–Crippen LogP) is 6.81. The smallest absolute Gasteiger partial charge is 0.142 e. The molecule has 3 rings (SSSR count). The van der Waals surface area contributed by atoms with Crippen molar-refractivity contribution in [3.05, 3.63) is 105 Å². The van der Waals surface area contributed by atoms with Crippen molar-refractivity contribution in [1.29, 1.82) is 0 Å². The van der Waals surface area contributed by atoms with Crippen LogP contribution >= 0.6 is 0 Å². The first kappa shape index (κ1) is 22.3. The van der Waals surface area contributed by atoms with Crippen LogP contribution in [0, 0.1) is 41.1 Å². The molecule has 0 atom stereocenters. The molecule has 3 heteroatoms.